The van der Waals surface area contributed by atoms with Crippen molar-refractivity contribution < 1.29 is 9.72 Å². The van der Waals surface area contributed by atoms with Gasteiger partial charge in [-0.1, -0.05) is 12.1 Å². The molecule has 0 bridgehead atoms. The van der Waals surface area contributed by atoms with E-state index in [9.17, 15) is 14.9 Å². The highest BCUT2D eigenvalue weighted by atomic mass is 16.6. The van der Waals surface area contributed by atoms with Crippen molar-refractivity contribution in [3.05, 3.63) is 39.9 Å². The summed E-state index contributed by atoms with van der Waals surface area (Å²) in [6.07, 6.45) is 2.60. The molecule has 0 radical (unpaired) electrons. The maximum Gasteiger partial charge on any atom is 0.269 e. The van der Waals surface area contributed by atoms with Crippen LogP contribution in [0, 0.1) is 15.5 Å². The fourth-order valence-electron chi connectivity index (χ4n) is 1.93. The van der Waals surface area contributed by atoms with Crippen LogP contribution in [0.5, 0.6) is 0 Å². The fraction of sp³-hybridized carbons (Fsp3) is 0.417. The molecule has 1 aromatic carbocycles. The highest BCUT2D eigenvalue weighted by Crippen LogP contribution is 2.49. The third-order valence-corrected chi connectivity index (χ3v) is 3.29. The Balaban J connectivity index is 2.12. The molecule has 1 aliphatic carbocycles. The molecule has 16 heavy (non-hydrogen) atoms. The summed E-state index contributed by atoms with van der Waals surface area (Å²) >= 11 is 0. The van der Waals surface area contributed by atoms with Crippen LogP contribution in [-0.4, -0.2) is 10.7 Å². The second-order valence-electron chi connectivity index (χ2n) is 4.44. The molecule has 0 aliphatic heterocycles. The van der Waals surface area contributed by atoms with Gasteiger partial charge in [-0.05, 0) is 31.7 Å². The maximum absolute atomic E-state index is 11.4. The monoisotopic (exact) mass is 219 g/mol. The van der Waals surface area contributed by atoms with Gasteiger partial charge in [-0.3, -0.25) is 14.9 Å². The Labute approximate surface area is 93.4 Å². The van der Waals surface area contributed by atoms with Crippen LogP contribution in [0.15, 0.2) is 24.3 Å². The van der Waals surface area contributed by atoms with Crippen molar-refractivity contribution in [3.8, 4) is 0 Å². The summed E-state index contributed by atoms with van der Waals surface area (Å²) in [5.74, 6) is 0.228. The van der Waals surface area contributed by atoms with Crippen LogP contribution in [-0.2, 0) is 11.2 Å². The molecule has 0 atom stereocenters. The van der Waals surface area contributed by atoms with Gasteiger partial charge in [0.25, 0.3) is 5.69 Å². The average Bonchev–Trinajstić information content (AvgIpc) is 3.00. The molecular formula is C12H13NO3. The fourth-order valence-corrected chi connectivity index (χ4v) is 1.93. The van der Waals surface area contributed by atoms with Crippen molar-refractivity contribution in [3.63, 3.8) is 0 Å². The lowest BCUT2D eigenvalue weighted by Crippen LogP contribution is -2.14. The molecule has 0 saturated heterocycles. The molecule has 2 rings (SSSR count). The Morgan fingerprint density at radius 3 is 2.31 bits per heavy atom. The summed E-state index contributed by atoms with van der Waals surface area (Å²) in [6, 6.07) is 6.46. The van der Waals surface area contributed by atoms with Crippen molar-refractivity contribution in [2.75, 3.05) is 0 Å². The van der Waals surface area contributed by atoms with Gasteiger partial charge in [0.05, 0.1) is 4.92 Å². The molecule has 84 valence electrons. The van der Waals surface area contributed by atoms with E-state index in [2.05, 4.69) is 0 Å². The first-order chi connectivity index (χ1) is 7.53. The minimum absolute atomic E-state index is 0.0939. The van der Waals surface area contributed by atoms with Crippen molar-refractivity contribution in [1.29, 1.82) is 0 Å². The molecule has 0 N–H and O–H groups in total. The number of benzene rings is 1. The van der Waals surface area contributed by atoms with E-state index in [-0.39, 0.29) is 16.9 Å². The van der Waals surface area contributed by atoms with Gasteiger partial charge in [-0.25, -0.2) is 0 Å². The second-order valence-corrected chi connectivity index (χ2v) is 4.44. The number of carbonyl (C=O) groups is 1. The van der Waals surface area contributed by atoms with E-state index in [4.69, 9.17) is 0 Å². The standard InChI is InChI=1S/C12H13NO3/c1-9(14)12(6-7-12)8-10-2-4-11(5-3-10)13(15)16/h2-5H,6-8H2,1H3. The van der Waals surface area contributed by atoms with Gasteiger partial charge in [-0.15, -0.1) is 0 Å². The summed E-state index contributed by atoms with van der Waals surface area (Å²) < 4.78 is 0. The zero-order valence-electron chi connectivity index (χ0n) is 9.10. The number of hydrogen-bond donors (Lipinski definition) is 0. The normalized spacial score (nSPS) is 16.8. The molecule has 0 heterocycles. The largest absolute Gasteiger partial charge is 0.299 e. The Bertz CT molecular complexity index is 432. The lowest BCUT2D eigenvalue weighted by Gasteiger charge is -2.10. The lowest BCUT2D eigenvalue weighted by molar-refractivity contribution is -0.384. The molecule has 0 aromatic heterocycles. The molecule has 1 aromatic rings. The predicted octanol–water partition coefficient (Wildman–Crippen LogP) is 2.51. The lowest BCUT2D eigenvalue weighted by atomic mass is 9.93. The SMILES string of the molecule is CC(=O)C1(Cc2ccc([N+](=O)[O-])cc2)CC1. The van der Waals surface area contributed by atoms with Crippen LogP contribution in [0.25, 0.3) is 0 Å². The van der Waals surface area contributed by atoms with Crippen molar-refractivity contribution >= 4 is 11.5 Å². The minimum atomic E-state index is -0.415. The van der Waals surface area contributed by atoms with Gasteiger partial charge >= 0.3 is 0 Å². The number of nitro benzene ring substituents is 1. The van der Waals surface area contributed by atoms with E-state index in [0.717, 1.165) is 18.4 Å². The molecule has 4 nitrogen and oxygen atoms in total. The molecule has 0 spiro atoms. The number of carbonyl (C=O) groups excluding carboxylic acids is 1. The quantitative estimate of drug-likeness (QED) is 0.577. The van der Waals surface area contributed by atoms with Gasteiger partial charge in [0.2, 0.25) is 0 Å². The number of rotatable bonds is 4. The molecule has 4 heteroatoms. The van der Waals surface area contributed by atoms with Crippen LogP contribution in [0.3, 0.4) is 0 Å². The Morgan fingerprint density at radius 1 is 1.38 bits per heavy atom. The van der Waals surface area contributed by atoms with Gasteiger partial charge in [0, 0.05) is 17.5 Å². The average molecular weight is 219 g/mol. The topological polar surface area (TPSA) is 60.2 Å². The summed E-state index contributed by atoms with van der Waals surface area (Å²) in [5.41, 5.74) is 0.922. The van der Waals surface area contributed by atoms with Gasteiger partial charge < -0.3 is 0 Å². The number of nitro groups is 1. The summed E-state index contributed by atoms with van der Waals surface area (Å²) in [5, 5.41) is 10.5. The molecule has 1 saturated carbocycles. The Morgan fingerprint density at radius 2 is 1.94 bits per heavy atom. The van der Waals surface area contributed by atoms with E-state index in [1.165, 1.54) is 12.1 Å². The van der Waals surface area contributed by atoms with Crippen LogP contribution >= 0.6 is 0 Å². The maximum atomic E-state index is 11.4. The van der Waals surface area contributed by atoms with E-state index >= 15 is 0 Å². The summed E-state index contributed by atoms with van der Waals surface area (Å²) in [6.45, 7) is 1.62. The van der Waals surface area contributed by atoms with Crippen LogP contribution in [0.1, 0.15) is 25.3 Å². The highest BCUT2D eigenvalue weighted by Gasteiger charge is 2.46. The first-order valence-corrected chi connectivity index (χ1v) is 5.28. The molecule has 0 unspecified atom stereocenters. The second kappa shape index (κ2) is 3.70. The smallest absolute Gasteiger partial charge is 0.269 e. The number of non-ortho nitro benzene ring substituents is 1. The molecule has 1 fully saturated rings. The number of nitrogens with zero attached hydrogens (tertiary/aromatic N) is 1. The van der Waals surface area contributed by atoms with Gasteiger partial charge in [-0.2, -0.15) is 0 Å². The van der Waals surface area contributed by atoms with E-state index in [1.807, 2.05) is 0 Å². The number of ketones is 1. The minimum Gasteiger partial charge on any atom is -0.299 e. The van der Waals surface area contributed by atoms with Crippen LogP contribution in [0.2, 0.25) is 0 Å². The molecule has 1 aliphatic rings. The third kappa shape index (κ3) is 1.96. The number of hydrogen-bond acceptors (Lipinski definition) is 3. The summed E-state index contributed by atoms with van der Waals surface area (Å²) in [4.78, 5) is 21.5. The molecule has 0 amide bonds. The van der Waals surface area contributed by atoms with Gasteiger partial charge in [0.15, 0.2) is 0 Å². The van der Waals surface area contributed by atoms with E-state index in [0.29, 0.717) is 6.42 Å². The highest BCUT2D eigenvalue weighted by molar-refractivity contribution is 5.85. The Kier molecular flexibility index (Phi) is 2.50. The van der Waals surface area contributed by atoms with Crippen molar-refractivity contribution in [2.45, 2.75) is 26.2 Å². The zero-order valence-corrected chi connectivity index (χ0v) is 9.10. The Hall–Kier alpha value is -1.71. The first kappa shape index (κ1) is 10.8. The zero-order chi connectivity index (χ0) is 11.8. The van der Waals surface area contributed by atoms with Crippen LogP contribution < -0.4 is 0 Å². The van der Waals surface area contributed by atoms with Gasteiger partial charge in [0.1, 0.15) is 5.78 Å². The number of Topliss-reactive ketones (excluding diaryl/α,β-unsaturated/α-hetero) is 1. The van der Waals surface area contributed by atoms with E-state index in [1.54, 1.807) is 19.1 Å². The molecular weight excluding hydrogens is 206 g/mol. The van der Waals surface area contributed by atoms with Crippen molar-refractivity contribution in [1.82, 2.24) is 0 Å². The predicted molar refractivity (Wildman–Crippen MR) is 59.1 cm³/mol. The third-order valence-electron chi connectivity index (χ3n) is 3.29. The van der Waals surface area contributed by atoms with Crippen LogP contribution in [0.4, 0.5) is 5.69 Å². The first-order valence-electron chi connectivity index (χ1n) is 5.28. The van der Waals surface area contributed by atoms with E-state index < -0.39 is 4.92 Å². The van der Waals surface area contributed by atoms with Crippen molar-refractivity contribution in [2.24, 2.45) is 5.41 Å². The summed E-state index contributed by atoms with van der Waals surface area (Å²) in [7, 11) is 0.